The van der Waals surface area contributed by atoms with Crippen LogP contribution >= 0.6 is 0 Å². The Morgan fingerprint density at radius 2 is 1.64 bits per heavy atom. The third-order valence-corrected chi connectivity index (χ3v) is 1.81. The molecule has 0 amide bonds. The van der Waals surface area contributed by atoms with E-state index in [0.29, 0.717) is 0 Å². The van der Waals surface area contributed by atoms with E-state index in [9.17, 15) is 5.11 Å². The molecule has 0 aromatic heterocycles. The third kappa shape index (κ3) is 1.52. The molecule has 0 aromatic rings. The number of hydrogen-bond acceptors (Lipinski definition) is 5. The summed E-state index contributed by atoms with van der Waals surface area (Å²) in [6, 6.07) is 0. The molecule has 5 unspecified atom stereocenters. The van der Waals surface area contributed by atoms with E-state index >= 15 is 0 Å². The highest BCUT2D eigenvalue weighted by Gasteiger charge is 2.36. The van der Waals surface area contributed by atoms with Gasteiger partial charge in [0.25, 0.3) is 0 Å². The molecule has 0 spiro atoms. The maximum absolute atomic E-state index is 10.7. The highest BCUT2D eigenvalue weighted by molar-refractivity contribution is 4.85. The molecule has 5 heteroatoms. The topological polar surface area (TPSA) is 93.0 Å². The van der Waals surface area contributed by atoms with Gasteiger partial charge in [0.2, 0.25) is 0 Å². The van der Waals surface area contributed by atoms with Gasteiger partial charge >= 0.3 is 0 Å². The highest BCUT2D eigenvalue weighted by atomic mass is 16.6. The lowest BCUT2D eigenvalue weighted by Gasteiger charge is -2.42. The van der Waals surface area contributed by atoms with Gasteiger partial charge in [-0.15, -0.1) is 0 Å². The quantitative estimate of drug-likeness (QED) is 0.358. The van der Waals surface area contributed by atoms with Crippen LogP contribution in [0.1, 0.15) is 6.92 Å². The summed E-state index contributed by atoms with van der Waals surface area (Å²) in [6.07, 6.45) is -6.52. The summed E-state index contributed by atoms with van der Waals surface area (Å²) in [5, 5.41) is 37.7. The average Bonchev–Trinajstić information content (AvgIpc) is 1.97. The minimum absolute atomic E-state index is 0.726. The fourth-order valence-electron chi connectivity index (χ4n) is 1.01. The SMILES string of the molecule is CC1OC([O-])C(O)C(O)C1O. The van der Waals surface area contributed by atoms with Crippen LogP contribution in [-0.2, 0) is 4.74 Å². The summed E-state index contributed by atoms with van der Waals surface area (Å²) in [6.45, 7) is 1.46. The molecule has 1 saturated heterocycles. The molecule has 1 heterocycles. The minimum Gasteiger partial charge on any atom is -0.829 e. The van der Waals surface area contributed by atoms with Crippen LogP contribution in [0.5, 0.6) is 0 Å². The number of aliphatic hydroxyl groups excluding tert-OH is 3. The van der Waals surface area contributed by atoms with E-state index in [2.05, 4.69) is 4.74 Å². The van der Waals surface area contributed by atoms with Gasteiger partial charge in [-0.25, -0.2) is 0 Å². The van der Waals surface area contributed by atoms with Crippen molar-refractivity contribution in [2.75, 3.05) is 0 Å². The van der Waals surface area contributed by atoms with Crippen molar-refractivity contribution in [3.05, 3.63) is 0 Å². The van der Waals surface area contributed by atoms with Gasteiger partial charge in [-0.05, 0) is 6.92 Å². The molecule has 1 fully saturated rings. The molecule has 1 aliphatic heterocycles. The van der Waals surface area contributed by atoms with Crippen LogP contribution in [0.15, 0.2) is 0 Å². The van der Waals surface area contributed by atoms with Crippen LogP contribution in [0.25, 0.3) is 0 Å². The van der Waals surface area contributed by atoms with Gasteiger partial charge < -0.3 is 25.2 Å². The van der Waals surface area contributed by atoms with Crippen LogP contribution in [0.2, 0.25) is 0 Å². The molecule has 1 aliphatic rings. The van der Waals surface area contributed by atoms with Crippen LogP contribution in [-0.4, -0.2) is 46.0 Å². The second-order valence-corrected chi connectivity index (χ2v) is 2.68. The first-order valence-electron chi connectivity index (χ1n) is 3.39. The van der Waals surface area contributed by atoms with E-state index in [4.69, 9.17) is 15.3 Å². The normalized spacial score (nSPS) is 52.6. The van der Waals surface area contributed by atoms with Gasteiger partial charge in [0.15, 0.2) is 0 Å². The van der Waals surface area contributed by atoms with E-state index in [1.165, 1.54) is 6.92 Å². The Balaban J connectivity index is 2.63. The Hall–Kier alpha value is -0.200. The summed E-state index contributed by atoms with van der Waals surface area (Å²) in [5.74, 6) is 0. The van der Waals surface area contributed by atoms with Crippen LogP contribution in [0.3, 0.4) is 0 Å². The second-order valence-electron chi connectivity index (χ2n) is 2.68. The van der Waals surface area contributed by atoms with Crippen LogP contribution in [0, 0.1) is 0 Å². The van der Waals surface area contributed by atoms with Gasteiger partial charge in [0.1, 0.15) is 12.2 Å². The van der Waals surface area contributed by atoms with E-state index in [0.717, 1.165) is 0 Å². The van der Waals surface area contributed by atoms with Crippen LogP contribution in [0.4, 0.5) is 0 Å². The maximum atomic E-state index is 10.7. The first-order valence-corrected chi connectivity index (χ1v) is 3.39. The zero-order chi connectivity index (χ0) is 8.59. The molecule has 1 rings (SSSR count). The largest absolute Gasteiger partial charge is 0.829 e. The molecule has 0 aromatic carbocycles. The van der Waals surface area contributed by atoms with Crippen molar-refractivity contribution < 1.29 is 25.2 Å². The first kappa shape index (κ1) is 8.89. The lowest BCUT2D eigenvalue weighted by Crippen LogP contribution is -2.60. The number of hydrogen-bond donors (Lipinski definition) is 3. The summed E-state index contributed by atoms with van der Waals surface area (Å²) < 4.78 is 4.57. The Kier molecular flexibility index (Phi) is 2.46. The highest BCUT2D eigenvalue weighted by Crippen LogP contribution is 2.17. The fraction of sp³-hybridized carbons (Fsp3) is 1.00. The summed E-state index contributed by atoms with van der Waals surface area (Å²) in [7, 11) is 0. The molecule has 0 radical (unpaired) electrons. The van der Waals surface area contributed by atoms with Crippen molar-refractivity contribution in [1.29, 1.82) is 0 Å². The lowest BCUT2D eigenvalue weighted by atomic mass is 10.0. The zero-order valence-electron chi connectivity index (χ0n) is 6.04. The fourth-order valence-corrected chi connectivity index (χ4v) is 1.01. The lowest BCUT2D eigenvalue weighted by molar-refractivity contribution is -0.531. The van der Waals surface area contributed by atoms with E-state index in [-0.39, 0.29) is 0 Å². The number of ether oxygens (including phenoxy) is 1. The maximum Gasteiger partial charge on any atom is 0.109 e. The third-order valence-electron chi connectivity index (χ3n) is 1.81. The smallest absolute Gasteiger partial charge is 0.109 e. The van der Waals surface area contributed by atoms with Crippen molar-refractivity contribution in [3.63, 3.8) is 0 Å². The van der Waals surface area contributed by atoms with Crippen molar-refractivity contribution in [2.24, 2.45) is 0 Å². The Labute approximate surface area is 63.8 Å². The predicted octanol–water partition coefficient (Wildman–Crippen LogP) is -2.83. The monoisotopic (exact) mass is 163 g/mol. The van der Waals surface area contributed by atoms with Gasteiger partial charge in [-0.3, -0.25) is 0 Å². The van der Waals surface area contributed by atoms with Crippen molar-refractivity contribution >= 4 is 0 Å². The van der Waals surface area contributed by atoms with E-state index in [1.807, 2.05) is 0 Å². The van der Waals surface area contributed by atoms with Crippen LogP contribution < -0.4 is 5.11 Å². The molecule has 11 heavy (non-hydrogen) atoms. The Morgan fingerprint density at radius 1 is 1.09 bits per heavy atom. The molecular weight excluding hydrogens is 152 g/mol. The summed E-state index contributed by atoms with van der Waals surface area (Å²) >= 11 is 0. The van der Waals surface area contributed by atoms with Gasteiger partial charge in [-0.2, -0.15) is 0 Å². The first-order chi connectivity index (χ1) is 5.04. The van der Waals surface area contributed by atoms with Crippen molar-refractivity contribution in [1.82, 2.24) is 0 Å². The number of rotatable bonds is 0. The van der Waals surface area contributed by atoms with E-state index in [1.54, 1.807) is 0 Å². The van der Waals surface area contributed by atoms with Crippen molar-refractivity contribution in [2.45, 2.75) is 37.6 Å². The Morgan fingerprint density at radius 3 is 2.18 bits per heavy atom. The standard InChI is InChI=1S/C6H11O5/c1-2-3(7)4(8)5(9)6(10)11-2/h2-9H,1H3/q-1. The number of aliphatic hydroxyl groups is 3. The molecule has 0 bridgehead atoms. The second kappa shape index (κ2) is 3.04. The zero-order valence-corrected chi connectivity index (χ0v) is 6.04. The van der Waals surface area contributed by atoms with E-state index < -0.39 is 30.7 Å². The average molecular weight is 163 g/mol. The molecule has 0 saturated carbocycles. The summed E-state index contributed by atoms with van der Waals surface area (Å²) in [5.41, 5.74) is 0. The Bertz CT molecular complexity index is 125. The van der Waals surface area contributed by atoms with Crippen molar-refractivity contribution in [3.8, 4) is 0 Å². The van der Waals surface area contributed by atoms with Gasteiger partial charge in [0.05, 0.1) is 12.2 Å². The van der Waals surface area contributed by atoms with Gasteiger partial charge in [0, 0.05) is 6.29 Å². The molecule has 66 valence electrons. The molecule has 0 aliphatic carbocycles. The van der Waals surface area contributed by atoms with Gasteiger partial charge in [-0.1, -0.05) is 0 Å². The predicted molar refractivity (Wildman–Crippen MR) is 32.4 cm³/mol. The molecule has 5 nitrogen and oxygen atoms in total. The minimum atomic E-state index is -1.66. The molecule has 5 atom stereocenters. The molecule has 3 N–H and O–H groups in total. The summed E-state index contributed by atoms with van der Waals surface area (Å²) in [4.78, 5) is 0. The molecular formula is C6H11O5-.